The molecule has 2 aliphatic rings. The van der Waals surface area contributed by atoms with Gasteiger partial charge in [0.1, 0.15) is 6.54 Å². The number of hydrogen-bond acceptors (Lipinski definition) is 5. The highest BCUT2D eigenvalue weighted by molar-refractivity contribution is 5.97. The standard InChI is InChI=1S/C29H35N3O4/c1-4-36-29(35)28-22(3)32(26(33)18-25(28)24-12-8-9-21(2)17-24)20-27(34)31-15-13-30(14-16-31)19-23-10-6-5-7-11-23/h5-12,17,25H,4,13-16,18-20H2,1-3H3. The summed E-state index contributed by atoms with van der Waals surface area (Å²) in [4.78, 5) is 45.0. The molecule has 0 spiro atoms. The first-order valence-electron chi connectivity index (χ1n) is 12.7. The van der Waals surface area contributed by atoms with Gasteiger partial charge in [0.05, 0.1) is 12.2 Å². The molecule has 1 fully saturated rings. The smallest absolute Gasteiger partial charge is 0.336 e. The Bertz CT molecular complexity index is 1140. The summed E-state index contributed by atoms with van der Waals surface area (Å²) >= 11 is 0. The number of piperazine rings is 1. The lowest BCUT2D eigenvalue weighted by Crippen LogP contribution is -2.52. The summed E-state index contributed by atoms with van der Waals surface area (Å²) in [5.41, 5.74) is 4.19. The van der Waals surface area contributed by atoms with Gasteiger partial charge in [-0.1, -0.05) is 60.2 Å². The first-order chi connectivity index (χ1) is 17.4. The Morgan fingerprint density at radius 1 is 0.972 bits per heavy atom. The van der Waals surface area contributed by atoms with Gasteiger partial charge in [0, 0.05) is 50.8 Å². The van der Waals surface area contributed by atoms with Gasteiger partial charge in [0.25, 0.3) is 0 Å². The molecule has 2 heterocycles. The molecule has 2 amide bonds. The Morgan fingerprint density at radius 2 is 1.69 bits per heavy atom. The SMILES string of the molecule is CCOC(=O)C1=C(C)N(CC(=O)N2CCN(Cc3ccccc3)CC2)C(=O)CC1c1cccc(C)c1. The van der Waals surface area contributed by atoms with Crippen LogP contribution in [0.3, 0.4) is 0 Å². The summed E-state index contributed by atoms with van der Waals surface area (Å²) in [6.07, 6.45) is 0.132. The fraction of sp³-hybridized carbons (Fsp3) is 0.414. The van der Waals surface area contributed by atoms with Gasteiger partial charge in [0.15, 0.2) is 0 Å². The van der Waals surface area contributed by atoms with E-state index in [1.54, 1.807) is 13.8 Å². The van der Waals surface area contributed by atoms with Crippen LogP contribution in [0.1, 0.15) is 42.9 Å². The fourth-order valence-corrected chi connectivity index (χ4v) is 5.08. The van der Waals surface area contributed by atoms with Crippen LogP contribution in [-0.2, 0) is 25.7 Å². The van der Waals surface area contributed by atoms with Crippen LogP contribution in [0.5, 0.6) is 0 Å². The number of carbonyl (C=O) groups is 3. The summed E-state index contributed by atoms with van der Waals surface area (Å²) < 4.78 is 5.36. The zero-order valence-corrected chi connectivity index (χ0v) is 21.4. The highest BCUT2D eigenvalue weighted by Crippen LogP contribution is 2.37. The average Bonchev–Trinajstić information content (AvgIpc) is 2.87. The normalized spacial score (nSPS) is 19.0. The van der Waals surface area contributed by atoms with E-state index in [-0.39, 0.29) is 37.3 Å². The minimum atomic E-state index is -0.430. The average molecular weight is 490 g/mol. The van der Waals surface area contributed by atoms with E-state index in [4.69, 9.17) is 4.74 Å². The Hall–Kier alpha value is -3.45. The van der Waals surface area contributed by atoms with Crippen molar-refractivity contribution in [2.75, 3.05) is 39.3 Å². The topological polar surface area (TPSA) is 70.2 Å². The highest BCUT2D eigenvalue weighted by Gasteiger charge is 2.38. The number of hydrogen-bond donors (Lipinski definition) is 0. The number of benzene rings is 2. The second-order valence-electron chi connectivity index (χ2n) is 9.51. The van der Waals surface area contributed by atoms with Crippen LogP contribution in [0.15, 0.2) is 65.9 Å². The summed E-state index contributed by atoms with van der Waals surface area (Å²) in [6.45, 7) is 9.35. The number of nitrogens with zero attached hydrogens (tertiary/aromatic N) is 3. The predicted molar refractivity (Wildman–Crippen MR) is 138 cm³/mol. The van der Waals surface area contributed by atoms with Crippen LogP contribution in [0.4, 0.5) is 0 Å². The molecule has 2 aromatic rings. The van der Waals surface area contributed by atoms with E-state index in [9.17, 15) is 14.4 Å². The lowest BCUT2D eigenvalue weighted by atomic mass is 9.83. The van der Waals surface area contributed by atoms with Gasteiger partial charge in [-0.05, 0) is 31.9 Å². The van der Waals surface area contributed by atoms with Gasteiger partial charge < -0.3 is 14.5 Å². The Morgan fingerprint density at radius 3 is 2.36 bits per heavy atom. The molecule has 0 bridgehead atoms. The maximum absolute atomic E-state index is 13.2. The maximum atomic E-state index is 13.2. The lowest BCUT2D eigenvalue weighted by Gasteiger charge is -2.38. The molecular formula is C29H35N3O4. The summed E-state index contributed by atoms with van der Waals surface area (Å²) in [7, 11) is 0. The first kappa shape index (κ1) is 25.6. The van der Waals surface area contributed by atoms with E-state index < -0.39 is 5.97 Å². The van der Waals surface area contributed by atoms with Crippen LogP contribution in [-0.4, -0.2) is 71.8 Å². The minimum Gasteiger partial charge on any atom is -0.463 e. The van der Waals surface area contributed by atoms with Crippen molar-refractivity contribution < 1.29 is 19.1 Å². The van der Waals surface area contributed by atoms with Gasteiger partial charge >= 0.3 is 5.97 Å². The molecule has 0 radical (unpaired) electrons. The predicted octanol–water partition coefficient (Wildman–Crippen LogP) is 3.49. The van der Waals surface area contributed by atoms with Crippen molar-refractivity contribution in [3.05, 3.63) is 82.6 Å². The van der Waals surface area contributed by atoms with Gasteiger partial charge in [0.2, 0.25) is 11.8 Å². The molecule has 36 heavy (non-hydrogen) atoms. The van der Waals surface area contributed by atoms with Crippen molar-refractivity contribution in [2.45, 2.75) is 39.7 Å². The van der Waals surface area contributed by atoms with E-state index in [2.05, 4.69) is 17.0 Å². The van der Waals surface area contributed by atoms with Gasteiger partial charge in [-0.15, -0.1) is 0 Å². The van der Waals surface area contributed by atoms with Crippen molar-refractivity contribution in [2.24, 2.45) is 0 Å². The summed E-state index contributed by atoms with van der Waals surface area (Å²) in [5.74, 6) is -1.06. The molecule has 4 rings (SSSR count). The van der Waals surface area contributed by atoms with Crippen molar-refractivity contribution in [3.8, 4) is 0 Å². The third-order valence-electron chi connectivity index (χ3n) is 7.03. The highest BCUT2D eigenvalue weighted by atomic mass is 16.5. The Balaban J connectivity index is 1.47. The molecule has 1 unspecified atom stereocenters. The second kappa shape index (κ2) is 11.5. The van der Waals surface area contributed by atoms with Crippen LogP contribution in [0.25, 0.3) is 0 Å². The fourth-order valence-electron chi connectivity index (χ4n) is 5.08. The quantitative estimate of drug-likeness (QED) is 0.557. The molecule has 7 nitrogen and oxygen atoms in total. The van der Waals surface area contributed by atoms with Crippen LogP contribution in [0, 0.1) is 6.92 Å². The van der Waals surface area contributed by atoms with Crippen LogP contribution >= 0.6 is 0 Å². The third kappa shape index (κ3) is 5.85. The van der Waals surface area contributed by atoms with E-state index in [0.29, 0.717) is 24.4 Å². The van der Waals surface area contributed by atoms with Crippen LogP contribution < -0.4 is 0 Å². The number of aryl methyl sites for hydroxylation is 1. The van der Waals surface area contributed by atoms with E-state index in [1.165, 1.54) is 10.5 Å². The first-order valence-corrected chi connectivity index (χ1v) is 12.7. The molecule has 1 atom stereocenters. The van der Waals surface area contributed by atoms with Crippen molar-refractivity contribution in [1.82, 2.24) is 14.7 Å². The Kier molecular flexibility index (Phi) is 8.21. The second-order valence-corrected chi connectivity index (χ2v) is 9.51. The van der Waals surface area contributed by atoms with Gasteiger partial charge in [-0.2, -0.15) is 0 Å². The lowest BCUT2D eigenvalue weighted by molar-refractivity contribution is -0.143. The molecule has 1 saturated heterocycles. The number of allylic oxidation sites excluding steroid dienone is 1. The van der Waals surface area contributed by atoms with Gasteiger partial charge in [-0.25, -0.2) is 4.79 Å². The number of rotatable bonds is 7. The van der Waals surface area contributed by atoms with Crippen LogP contribution in [0.2, 0.25) is 0 Å². The number of amides is 2. The molecule has 0 saturated carbocycles. The molecule has 2 aromatic carbocycles. The van der Waals surface area contributed by atoms with Crippen molar-refractivity contribution >= 4 is 17.8 Å². The number of carbonyl (C=O) groups excluding carboxylic acids is 3. The minimum absolute atomic E-state index is 0.0627. The van der Waals surface area contributed by atoms with Gasteiger partial charge in [-0.3, -0.25) is 14.5 Å². The zero-order valence-electron chi connectivity index (χ0n) is 21.4. The third-order valence-corrected chi connectivity index (χ3v) is 7.03. The van der Waals surface area contributed by atoms with E-state index in [0.717, 1.165) is 30.8 Å². The van der Waals surface area contributed by atoms with Crippen molar-refractivity contribution in [3.63, 3.8) is 0 Å². The monoisotopic (exact) mass is 489 g/mol. The number of esters is 1. The molecule has 190 valence electrons. The molecule has 2 aliphatic heterocycles. The van der Waals surface area contributed by atoms with Crippen molar-refractivity contribution in [1.29, 1.82) is 0 Å². The molecule has 0 aliphatic carbocycles. The zero-order chi connectivity index (χ0) is 25.7. The van der Waals surface area contributed by atoms with E-state index >= 15 is 0 Å². The maximum Gasteiger partial charge on any atom is 0.336 e. The largest absolute Gasteiger partial charge is 0.463 e. The molecular weight excluding hydrogens is 454 g/mol. The van der Waals surface area contributed by atoms with E-state index in [1.807, 2.05) is 54.3 Å². The summed E-state index contributed by atoms with van der Waals surface area (Å²) in [5, 5.41) is 0. The molecule has 0 N–H and O–H groups in total. The Labute approximate surface area is 213 Å². The summed E-state index contributed by atoms with van der Waals surface area (Å²) in [6, 6.07) is 18.2. The molecule has 7 heteroatoms. The molecule has 0 aromatic heterocycles. The number of ether oxygens (including phenoxy) is 1.